The van der Waals surface area contributed by atoms with E-state index in [1.165, 1.54) is 0 Å². The lowest BCUT2D eigenvalue weighted by Gasteiger charge is -2.29. The molecule has 0 heterocycles. The van der Waals surface area contributed by atoms with E-state index in [1.807, 2.05) is 0 Å². The molecule has 5 N–H and O–H groups in total. The van der Waals surface area contributed by atoms with Crippen LogP contribution in [0.4, 0.5) is 0 Å². The van der Waals surface area contributed by atoms with Crippen LogP contribution in [0.15, 0.2) is 0 Å². The Hall–Kier alpha value is -1.63. The summed E-state index contributed by atoms with van der Waals surface area (Å²) in [5.41, 5.74) is 3.91. The Morgan fingerprint density at radius 2 is 1.63 bits per heavy atom. The zero-order valence-corrected chi connectivity index (χ0v) is 10.9. The highest BCUT2D eigenvalue weighted by molar-refractivity contribution is 5.90. The fraction of sp³-hybridized carbons (Fsp3) is 0.750. The van der Waals surface area contributed by atoms with Crippen molar-refractivity contribution in [3.8, 4) is 0 Å². The number of hydrogen-bond donors (Lipinski definition) is 4. The van der Waals surface area contributed by atoms with Gasteiger partial charge in [0.25, 0.3) is 0 Å². The van der Waals surface area contributed by atoms with E-state index in [4.69, 9.17) is 5.73 Å². The molecule has 1 rings (SSSR count). The van der Waals surface area contributed by atoms with Crippen LogP contribution in [0.25, 0.3) is 0 Å². The van der Waals surface area contributed by atoms with Crippen LogP contribution in [-0.4, -0.2) is 41.5 Å². The summed E-state index contributed by atoms with van der Waals surface area (Å²) in [7, 11) is 0. The van der Waals surface area contributed by atoms with Crippen molar-refractivity contribution >= 4 is 17.8 Å². The second-order valence-corrected chi connectivity index (χ2v) is 4.83. The van der Waals surface area contributed by atoms with Gasteiger partial charge in [-0.1, -0.05) is 25.7 Å². The summed E-state index contributed by atoms with van der Waals surface area (Å²) >= 11 is 0. The molecule has 1 aliphatic carbocycles. The number of carbonyl (C=O) groups is 3. The van der Waals surface area contributed by atoms with E-state index < -0.39 is 23.3 Å². The van der Waals surface area contributed by atoms with Gasteiger partial charge in [-0.2, -0.15) is 0 Å². The molecule has 0 aromatic carbocycles. The van der Waals surface area contributed by atoms with Crippen LogP contribution in [0.1, 0.15) is 38.5 Å². The summed E-state index contributed by atoms with van der Waals surface area (Å²) in [4.78, 5) is 34.1. The predicted octanol–water partition coefficient (Wildman–Crippen LogP) is -0.645. The number of hydrogen-bond acceptors (Lipinski definition) is 4. The SMILES string of the molecule is NCC(=O)NCC(=O)NC1(C(=O)O)CCCCCC1. The maximum Gasteiger partial charge on any atom is 0.329 e. The van der Waals surface area contributed by atoms with E-state index in [0.29, 0.717) is 12.8 Å². The summed E-state index contributed by atoms with van der Waals surface area (Å²) in [6.07, 6.45) is 4.38. The Morgan fingerprint density at radius 3 is 2.11 bits per heavy atom. The molecule has 7 heteroatoms. The zero-order valence-electron chi connectivity index (χ0n) is 10.9. The second kappa shape index (κ2) is 7.08. The molecule has 2 amide bonds. The van der Waals surface area contributed by atoms with Crippen molar-refractivity contribution in [2.75, 3.05) is 13.1 Å². The second-order valence-electron chi connectivity index (χ2n) is 4.83. The van der Waals surface area contributed by atoms with Crippen molar-refractivity contribution in [1.82, 2.24) is 10.6 Å². The van der Waals surface area contributed by atoms with Crippen molar-refractivity contribution in [3.05, 3.63) is 0 Å². The molecule has 0 saturated heterocycles. The van der Waals surface area contributed by atoms with E-state index >= 15 is 0 Å². The average Bonchev–Trinajstić information content (AvgIpc) is 2.62. The van der Waals surface area contributed by atoms with Gasteiger partial charge in [-0.3, -0.25) is 9.59 Å². The Kier molecular flexibility index (Phi) is 5.75. The lowest BCUT2D eigenvalue weighted by Crippen LogP contribution is -2.56. The first kappa shape index (κ1) is 15.4. The van der Waals surface area contributed by atoms with Crippen LogP contribution in [0.3, 0.4) is 0 Å². The monoisotopic (exact) mass is 271 g/mol. The first-order valence-corrected chi connectivity index (χ1v) is 6.51. The Bertz CT molecular complexity index is 349. The number of carboxylic acid groups (broad SMARTS) is 1. The number of carboxylic acids is 1. The minimum atomic E-state index is -1.19. The van der Waals surface area contributed by atoms with Crippen LogP contribution >= 0.6 is 0 Å². The first-order chi connectivity index (χ1) is 9.00. The van der Waals surface area contributed by atoms with Gasteiger partial charge in [-0.05, 0) is 12.8 Å². The van der Waals surface area contributed by atoms with Crippen LogP contribution in [-0.2, 0) is 14.4 Å². The fourth-order valence-electron chi connectivity index (χ4n) is 2.29. The van der Waals surface area contributed by atoms with Gasteiger partial charge < -0.3 is 21.5 Å². The molecule has 19 heavy (non-hydrogen) atoms. The van der Waals surface area contributed by atoms with E-state index in [2.05, 4.69) is 10.6 Å². The molecule has 0 spiro atoms. The average molecular weight is 271 g/mol. The summed E-state index contributed by atoms with van der Waals surface area (Å²) in [5, 5.41) is 14.2. The Balaban J connectivity index is 2.59. The van der Waals surface area contributed by atoms with E-state index in [9.17, 15) is 19.5 Å². The third-order valence-electron chi connectivity index (χ3n) is 3.38. The highest BCUT2D eigenvalue weighted by atomic mass is 16.4. The molecule has 0 bridgehead atoms. The summed E-state index contributed by atoms with van der Waals surface area (Å²) in [6.45, 7) is -0.442. The Labute approximate surface area is 111 Å². The maximum absolute atomic E-state index is 11.7. The molecule has 0 aromatic rings. The summed E-state index contributed by atoms with van der Waals surface area (Å²) < 4.78 is 0. The number of amides is 2. The van der Waals surface area contributed by atoms with Gasteiger partial charge in [0.1, 0.15) is 5.54 Å². The van der Waals surface area contributed by atoms with Crippen LogP contribution in [0.2, 0.25) is 0 Å². The standard InChI is InChI=1S/C12H21N3O4/c13-7-9(16)14-8-10(17)15-12(11(18)19)5-3-1-2-4-6-12/h1-8,13H2,(H,14,16)(H,15,17)(H,18,19). The van der Waals surface area contributed by atoms with Crippen molar-refractivity contribution < 1.29 is 19.5 Å². The third-order valence-corrected chi connectivity index (χ3v) is 3.38. The highest BCUT2D eigenvalue weighted by Gasteiger charge is 2.39. The highest BCUT2D eigenvalue weighted by Crippen LogP contribution is 2.27. The molecule has 1 saturated carbocycles. The molecule has 1 fully saturated rings. The smallest absolute Gasteiger partial charge is 0.329 e. The quantitative estimate of drug-likeness (QED) is 0.495. The number of nitrogens with two attached hydrogens (primary N) is 1. The van der Waals surface area contributed by atoms with Gasteiger partial charge in [0, 0.05) is 0 Å². The lowest BCUT2D eigenvalue weighted by molar-refractivity contribution is -0.148. The molecule has 108 valence electrons. The van der Waals surface area contributed by atoms with E-state index in [0.717, 1.165) is 25.7 Å². The molecule has 0 aliphatic heterocycles. The normalized spacial score (nSPS) is 18.2. The number of rotatable bonds is 5. The molecule has 7 nitrogen and oxygen atoms in total. The maximum atomic E-state index is 11.7. The van der Waals surface area contributed by atoms with Crippen molar-refractivity contribution in [1.29, 1.82) is 0 Å². The molecule has 1 aliphatic rings. The minimum Gasteiger partial charge on any atom is -0.480 e. The fourth-order valence-corrected chi connectivity index (χ4v) is 2.29. The summed E-state index contributed by atoms with van der Waals surface area (Å²) in [6, 6.07) is 0. The van der Waals surface area contributed by atoms with E-state index in [1.54, 1.807) is 0 Å². The summed E-state index contributed by atoms with van der Waals surface area (Å²) in [5.74, 6) is -1.95. The van der Waals surface area contributed by atoms with Gasteiger partial charge in [-0.25, -0.2) is 4.79 Å². The van der Waals surface area contributed by atoms with Gasteiger partial charge in [0.2, 0.25) is 11.8 Å². The first-order valence-electron chi connectivity index (χ1n) is 6.51. The van der Waals surface area contributed by atoms with Gasteiger partial charge >= 0.3 is 5.97 Å². The van der Waals surface area contributed by atoms with Crippen molar-refractivity contribution in [3.63, 3.8) is 0 Å². The van der Waals surface area contributed by atoms with Crippen molar-refractivity contribution in [2.45, 2.75) is 44.1 Å². The molecule has 0 unspecified atom stereocenters. The molecule has 0 radical (unpaired) electrons. The molecular formula is C12H21N3O4. The number of carbonyl (C=O) groups excluding carboxylic acids is 2. The van der Waals surface area contributed by atoms with Crippen LogP contribution in [0.5, 0.6) is 0 Å². The molecular weight excluding hydrogens is 250 g/mol. The zero-order chi connectivity index (χ0) is 14.3. The third kappa shape index (κ3) is 4.51. The minimum absolute atomic E-state index is 0.197. The topological polar surface area (TPSA) is 122 Å². The van der Waals surface area contributed by atoms with Gasteiger partial charge in [0.05, 0.1) is 13.1 Å². The van der Waals surface area contributed by atoms with Gasteiger partial charge in [-0.15, -0.1) is 0 Å². The predicted molar refractivity (Wildman–Crippen MR) is 68.3 cm³/mol. The van der Waals surface area contributed by atoms with Crippen LogP contribution in [0, 0.1) is 0 Å². The molecule has 0 atom stereocenters. The largest absolute Gasteiger partial charge is 0.480 e. The van der Waals surface area contributed by atoms with Crippen LogP contribution < -0.4 is 16.4 Å². The van der Waals surface area contributed by atoms with Gasteiger partial charge in [0.15, 0.2) is 0 Å². The lowest BCUT2D eigenvalue weighted by atomic mass is 9.90. The van der Waals surface area contributed by atoms with Crippen molar-refractivity contribution in [2.24, 2.45) is 5.73 Å². The van der Waals surface area contributed by atoms with E-state index in [-0.39, 0.29) is 13.1 Å². The molecule has 0 aromatic heterocycles. The number of nitrogens with one attached hydrogen (secondary N) is 2. The Morgan fingerprint density at radius 1 is 1.05 bits per heavy atom. The number of aliphatic carboxylic acids is 1.